The molecule has 0 bridgehead atoms. The predicted molar refractivity (Wildman–Crippen MR) is 174 cm³/mol. The highest BCUT2D eigenvalue weighted by Gasteiger charge is 2.25. The van der Waals surface area contributed by atoms with Gasteiger partial charge in [-0.3, -0.25) is 4.18 Å². The van der Waals surface area contributed by atoms with E-state index in [0.29, 0.717) is 4.90 Å². The van der Waals surface area contributed by atoms with Crippen molar-refractivity contribution in [2.24, 2.45) is 0 Å². The third-order valence-electron chi connectivity index (χ3n) is 8.26. The molecule has 0 aliphatic carbocycles. The zero-order valence-corrected chi connectivity index (χ0v) is 27.1. The van der Waals surface area contributed by atoms with Gasteiger partial charge in [-0.2, -0.15) is 8.42 Å². The molecule has 0 aromatic heterocycles. The third-order valence-corrected chi connectivity index (χ3v) is 9.71. The topological polar surface area (TPSA) is 43.4 Å². The Morgan fingerprint density at radius 3 is 1.62 bits per heavy atom. The standard InChI is InChI=1S/C36H60O3S/c1-4-7-10-13-16-18-21-26-32-31-33-27-23-24-29-35(33)36(34(32)28-22-19-17-14-11-8-5-2)40(37,38)39-30-25-20-15-12-9-6-3/h23-24,27,29,31H,4-22,25-26,28,30H2,1-3H3. The van der Waals surface area contributed by atoms with Gasteiger partial charge < -0.3 is 0 Å². The van der Waals surface area contributed by atoms with Gasteiger partial charge in [-0.05, 0) is 48.6 Å². The van der Waals surface area contributed by atoms with Crippen molar-refractivity contribution in [1.29, 1.82) is 0 Å². The van der Waals surface area contributed by atoms with Crippen LogP contribution in [0.1, 0.15) is 160 Å². The Balaban J connectivity index is 2.21. The van der Waals surface area contributed by atoms with Crippen LogP contribution in [-0.2, 0) is 27.1 Å². The Morgan fingerprint density at radius 2 is 1.05 bits per heavy atom. The lowest BCUT2D eigenvalue weighted by molar-refractivity contribution is 0.306. The molecule has 2 rings (SSSR count). The zero-order chi connectivity index (χ0) is 28.9. The second kappa shape index (κ2) is 21.3. The van der Waals surface area contributed by atoms with Crippen LogP contribution < -0.4 is 0 Å². The molecule has 0 aliphatic heterocycles. The van der Waals surface area contributed by atoms with E-state index < -0.39 is 10.1 Å². The Morgan fingerprint density at radius 1 is 0.575 bits per heavy atom. The lowest BCUT2D eigenvalue weighted by Gasteiger charge is -2.19. The van der Waals surface area contributed by atoms with Gasteiger partial charge in [0.1, 0.15) is 4.90 Å². The average Bonchev–Trinajstić information content (AvgIpc) is 2.95. The summed E-state index contributed by atoms with van der Waals surface area (Å²) in [5.74, 6) is 0. The average molecular weight is 573 g/mol. The van der Waals surface area contributed by atoms with E-state index in [-0.39, 0.29) is 6.61 Å². The van der Waals surface area contributed by atoms with E-state index in [9.17, 15) is 8.42 Å². The molecule has 2 aromatic carbocycles. The fourth-order valence-electron chi connectivity index (χ4n) is 5.84. The number of fused-ring (bicyclic) bond motifs is 1. The summed E-state index contributed by atoms with van der Waals surface area (Å²) in [6.07, 6.45) is 25.9. The van der Waals surface area contributed by atoms with Crippen LogP contribution in [0.15, 0.2) is 35.2 Å². The van der Waals surface area contributed by atoms with Crippen LogP contribution in [0.5, 0.6) is 0 Å². The highest BCUT2D eigenvalue weighted by molar-refractivity contribution is 7.87. The monoisotopic (exact) mass is 572 g/mol. The molecule has 0 unspecified atom stereocenters. The first-order valence-electron chi connectivity index (χ1n) is 17.0. The molecule has 0 spiro atoms. The zero-order valence-electron chi connectivity index (χ0n) is 26.3. The summed E-state index contributed by atoms with van der Waals surface area (Å²) in [6, 6.07) is 10.3. The van der Waals surface area contributed by atoms with Gasteiger partial charge in [0.25, 0.3) is 10.1 Å². The summed E-state index contributed by atoms with van der Waals surface area (Å²) in [5, 5.41) is 1.84. The van der Waals surface area contributed by atoms with Gasteiger partial charge in [-0.25, -0.2) is 0 Å². The molecule has 4 heteroatoms. The largest absolute Gasteiger partial charge is 0.297 e. The van der Waals surface area contributed by atoms with E-state index in [1.54, 1.807) is 0 Å². The Labute approximate surface area is 248 Å². The van der Waals surface area contributed by atoms with Crippen LogP contribution >= 0.6 is 0 Å². The number of unbranched alkanes of at least 4 members (excludes halogenated alkanes) is 17. The predicted octanol–water partition coefficient (Wildman–Crippen LogP) is 11.5. The molecule has 228 valence electrons. The van der Waals surface area contributed by atoms with Crippen LogP contribution in [0, 0.1) is 0 Å². The molecule has 0 heterocycles. The minimum atomic E-state index is -3.84. The molecule has 0 N–H and O–H groups in total. The van der Waals surface area contributed by atoms with Crippen LogP contribution in [0.25, 0.3) is 10.8 Å². The van der Waals surface area contributed by atoms with Gasteiger partial charge in [0.2, 0.25) is 0 Å². The molecule has 0 saturated heterocycles. The fraction of sp³-hybridized carbons (Fsp3) is 0.722. The maximum absolute atomic E-state index is 13.8. The van der Waals surface area contributed by atoms with Gasteiger partial charge >= 0.3 is 0 Å². The van der Waals surface area contributed by atoms with Crippen molar-refractivity contribution in [3.05, 3.63) is 41.5 Å². The van der Waals surface area contributed by atoms with Crippen molar-refractivity contribution in [1.82, 2.24) is 0 Å². The first-order chi connectivity index (χ1) is 19.5. The number of benzene rings is 2. The van der Waals surface area contributed by atoms with Crippen molar-refractivity contribution >= 4 is 20.9 Å². The van der Waals surface area contributed by atoms with E-state index in [2.05, 4.69) is 32.9 Å². The molecule has 2 aromatic rings. The van der Waals surface area contributed by atoms with Crippen molar-refractivity contribution in [2.75, 3.05) is 6.61 Å². The van der Waals surface area contributed by atoms with Crippen LogP contribution in [0.2, 0.25) is 0 Å². The lowest BCUT2D eigenvalue weighted by atomic mass is 9.93. The third kappa shape index (κ3) is 13.1. The van der Waals surface area contributed by atoms with Crippen LogP contribution in [0.3, 0.4) is 0 Å². The highest BCUT2D eigenvalue weighted by Crippen LogP contribution is 2.34. The maximum atomic E-state index is 13.8. The summed E-state index contributed by atoms with van der Waals surface area (Å²) >= 11 is 0. The van der Waals surface area contributed by atoms with Gasteiger partial charge in [0.05, 0.1) is 6.61 Å². The molecule has 3 nitrogen and oxygen atoms in total. The van der Waals surface area contributed by atoms with E-state index >= 15 is 0 Å². The molecule has 0 fully saturated rings. The molecule has 0 aliphatic rings. The molecule has 0 radical (unpaired) electrons. The molecular formula is C36H60O3S. The number of hydrogen-bond donors (Lipinski definition) is 0. The normalized spacial score (nSPS) is 12.0. The van der Waals surface area contributed by atoms with E-state index in [1.807, 2.05) is 18.2 Å². The van der Waals surface area contributed by atoms with E-state index in [4.69, 9.17) is 4.18 Å². The minimum Gasteiger partial charge on any atom is -0.266 e. The fourth-order valence-corrected chi connectivity index (χ4v) is 7.28. The summed E-state index contributed by atoms with van der Waals surface area (Å²) in [4.78, 5) is 0.459. The molecule has 40 heavy (non-hydrogen) atoms. The van der Waals surface area contributed by atoms with Crippen LogP contribution in [-0.4, -0.2) is 15.0 Å². The van der Waals surface area contributed by atoms with Gasteiger partial charge in [0, 0.05) is 5.39 Å². The Kier molecular flexibility index (Phi) is 18.6. The second-order valence-electron chi connectivity index (χ2n) is 11.9. The first kappa shape index (κ1) is 34.8. The smallest absolute Gasteiger partial charge is 0.266 e. The second-order valence-corrected chi connectivity index (χ2v) is 13.4. The number of rotatable bonds is 25. The van der Waals surface area contributed by atoms with E-state index in [1.165, 1.54) is 95.5 Å². The molecule has 0 atom stereocenters. The summed E-state index contributed by atoms with van der Waals surface area (Å²) in [7, 11) is -3.84. The SMILES string of the molecule is CCCCCCCCCc1cc2ccccc2c(S(=O)(=O)OCCCCCCCC)c1CCCCCCCCC. The Hall–Kier alpha value is -1.39. The minimum absolute atomic E-state index is 0.279. The summed E-state index contributed by atoms with van der Waals surface area (Å²) in [5.41, 5.74) is 2.25. The van der Waals surface area contributed by atoms with Crippen molar-refractivity contribution < 1.29 is 12.6 Å². The first-order valence-corrected chi connectivity index (χ1v) is 18.4. The molecule has 0 amide bonds. The van der Waals surface area contributed by atoms with Crippen molar-refractivity contribution in [2.45, 2.75) is 167 Å². The molecule has 0 saturated carbocycles. The molecular weight excluding hydrogens is 512 g/mol. The van der Waals surface area contributed by atoms with Gasteiger partial charge in [-0.15, -0.1) is 0 Å². The van der Waals surface area contributed by atoms with Crippen LogP contribution in [0.4, 0.5) is 0 Å². The Bertz CT molecular complexity index is 1030. The quantitative estimate of drug-likeness (QED) is 0.0877. The number of hydrogen-bond acceptors (Lipinski definition) is 3. The highest BCUT2D eigenvalue weighted by atomic mass is 32.2. The maximum Gasteiger partial charge on any atom is 0.297 e. The number of aryl methyl sites for hydroxylation is 1. The summed E-state index contributed by atoms with van der Waals surface area (Å²) in [6.45, 7) is 7.01. The summed E-state index contributed by atoms with van der Waals surface area (Å²) < 4.78 is 33.4. The van der Waals surface area contributed by atoms with Gasteiger partial charge in [-0.1, -0.05) is 160 Å². The lowest BCUT2D eigenvalue weighted by Crippen LogP contribution is -2.13. The van der Waals surface area contributed by atoms with Gasteiger partial charge in [0.15, 0.2) is 0 Å². The van der Waals surface area contributed by atoms with Crippen molar-refractivity contribution in [3.8, 4) is 0 Å². The van der Waals surface area contributed by atoms with Crippen molar-refractivity contribution in [3.63, 3.8) is 0 Å². The van der Waals surface area contributed by atoms with E-state index in [0.717, 1.165) is 67.7 Å².